The van der Waals surface area contributed by atoms with E-state index in [-0.39, 0.29) is 35.3 Å². The van der Waals surface area contributed by atoms with Crippen molar-refractivity contribution in [2.24, 2.45) is 0 Å². The van der Waals surface area contributed by atoms with Crippen molar-refractivity contribution in [3.8, 4) is 22.6 Å². The number of likely N-dealkylation sites (N-methyl/N-ethyl adjacent to an activating group) is 1. The minimum atomic E-state index is -0.324. The number of hydrogen-bond donors (Lipinski definition) is 1. The molecule has 45 heavy (non-hydrogen) atoms. The fourth-order valence-corrected chi connectivity index (χ4v) is 5.11. The number of carbonyl (C=O) groups is 1. The third kappa shape index (κ3) is 7.54. The summed E-state index contributed by atoms with van der Waals surface area (Å²) in [6.07, 6.45) is 7.00. The van der Waals surface area contributed by atoms with Crippen molar-refractivity contribution >= 4 is 40.2 Å². The predicted molar refractivity (Wildman–Crippen MR) is 177 cm³/mol. The van der Waals surface area contributed by atoms with Crippen LogP contribution in [-0.4, -0.2) is 65.1 Å². The van der Waals surface area contributed by atoms with Crippen LogP contribution in [0.4, 0.5) is 11.8 Å². The first-order chi connectivity index (χ1) is 21.7. The van der Waals surface area contributed by atoms with E-state index in [0.29, 0.717) is 46.0 Å². The fraction of sp³-hybridized carbons (Fsp3) is 0.206. The minimum absolute atomic E-state index is 0.00166. The van der Waals surface area contributed by atoms with E-state index < -0.39 is 0 Å². The van der Waals surface area contributed by atoms with Crippen LogP contribution in [0.2, 0.25) is 5.02 Å². The molecule has 1 N–H and O–H groups in total. The van der Waals surface area contributed by atoms with Gasteiger partial charge in [0.25, 0.3) is 5.56 Å². The third-order valence-corrected chi connectivity index (χ3v) is 7.36. The molecule has 3 aromatic heterocycles. The van der Waals surface area contributed by atoms with Crippen molar-refractivity contribution in [1.82, 2.24) is 24.4 Å². The van der Waals surface area contributed by atoms with Crippen molar-refractivity contribution < 1.29 is 14.3 Å². The van der Waals surface area contributed by atoms with Crippen molar-refractivity contribution in [2.75, 3.05) is 40.2 Å². The maximum atomic E-state index is 14.3. The fourth-order valence-electron chi connectivity index (χ4n) is 4.82. The SMILES string of the molecule is COc1cc(OC)c(Cl)c(-c2cc3cnc(Nc4ccccn4)nc3n(Cc3cccc(CC(=O)/C=C/CN(C)C)c3)c2=O)c1. The van der Waals surface area contributed by atoms with E-state index in [1.807, 2.05) is 61.5 Å². The molecule has 0 aliphatic rings. The zero-order valence-electron chi connectivity index (χ0n) is 25.5. The van der Waals surface area contributed by atoms with Gasteiger partial charge in [-0.2, -0.15) is 4.98 Å². The number of ketones is 1. The first-order valence-corrected chi connectivity index (χ1v) is 14.6. The lowest BCUT2D eigenvalue weighted by Gasteiger charge is -2.16. The van der Waals surface area contributed by atoms with Crippen LogP contribution in [0.3, 0.4) is 0 Å². The number of hydrogen-bond acceptors (Lipinski definition) is 9. The molecule has 5 aromatic rings. The van der Waals surface area contributed by atoms with Gasteiger partial charge in [0, 0.05) is 47.9 Å². The summed E-state index contributed by atoms with van der Waals surface area (Å²) in [5.41, 5.74) is 2.54. The highest BCUT2D eigenvalue weighted by atomic mass is 35.5. The second-order valence-electron chi connectivity index (χ2n) is 10.6. The molecule has 10 nitrogen and oxygen atoms in total. The molecule has 0 aliphatic heterocycles. The molecule has 0 fully saturated rings. The van der Waals surface area contributed by atoms with Gasteiger partial charge in [0.2, 0.25) is 5.95 Å². The molecule has 2 aromatic carbocycles. The van der Waals surface area contributed by atoms with Gasteiger partial charge in [-0.3, -0.25) is 14.2 Å². The number of fused-ring (bicyclic) bond motifs is 1. The standard InChI is InChI=1S/C34H33ClN6O4/c1-40(2)14-8-11-25(42)16-22-9-7-10-23(15-22)21-41-32-24(20-37-34(39-32)38-30-12-5-6-13-36-30)17-28(33(41)43)27-18-26(44-3)19-29(45-4)31(27)35/h5-13,15,17-20H,14,16,21H2,1-4H3,(H,36,37,38,39)/b11-8+. The van der Waals surface area contributed by atoms with Gasteiger partial charge in [0.1, 0.15) is 23.0 Å². The van der Waals surface area contributed by atoms with Gasteiger partial charge in [-0.25, -0.2) is 9.97 Å². The summed E-state index contributed by atoms with van der Waals surface area (Å²) in [4.78, 5) is 42.4. The lowest BCUT2D eigenvalue weighted by molar-refractivity contribution is -0.114. The lowest BCUT2D eigenvalue weighted by atomic mass is 10.0. The first-order valence-electron chi connectivity index (χ1n) is 14.2. The maximum Gasteiger partial charge on any atom is 0.260 e. The molecule has 0 bridgehead atoms. The van der Waals surface area contributed by atoms with E-state index in [4.69, 9.17) is 26.1 Å². The minimum Gasteiger partial charge on any atom is -0.497 e. The molecule has 0 saturated carbocycles. The number of aromatic nitrogens is 4. The Hall–Kier alpha value is -5.06. The van der Waals surface area contributed by atoms with Crippen LogP contribution in [0.1, 0.15) is 11.1 Å². The second-order valence-corrected chi connectivity index (χ2v) is 11.0. The second kappa shape index (κ2) is 14.1. The van der Waals surface area contributed by atoms with E-state index >= 15 is 0 Å². The molecule has 0 unspecified atom stereocenters. The Kier molecular flexibility index (Phi) is 9.86. The van der Waals surface area contributed by atoms with Crippen LogP contribution < -0.4 is 20.3 Å². The summed E-state index contributed by atoms with van der Waals surface area (Å²) in [5.74, 6) is 1.71. The molecular formula is C34H33ClN6O4. The molecule has 0 amide bonds. The monoisotopic (exact) mass is 624 g/mol. The number of nitrogens with one attached hydrogen (secondary N) is 1. The summed E-state index contributed by atoms with van der Waals surface area (Å²) in [7, 11) is 6.92. The van der Waals surface area contributed by atoms with Crippen LogP contribution in [-0.2, 0) is 17.8 Å². The van der Waals surface area contributed by atoms with Crippen LogP contribution >= 0.6 is 11.6 Å². The van der Waals surface area contributed by atoms with E-state index in [9.17, 15) is 9.59 Å². The molecule has 0 saturated heterocycles. The van der Waals surface area contributed by atoms with Crippen LogP contribution in [0.25, 0.3) is 22.2 Å². The number of rotatable bonds is 12. The van der Waals surface area contributed by atoms with Gasteiger partial charge in [-0.15, -0.1) is 0 Å². The average molecular weight is 625 g/mol. The Morgan fingerprint density at radius 2 is 1.82 bits per heavy atom. The highest BCUT2D eigenvalue weighted by molar-refractivity contribution is 6.35. The van der Waals surface area contributed by atoms with E-state index in [2.05, 4.69) is 15.3 Å². The van der Waals surface area contributed by atoms with Crippen LogP contribution in [0.5, 0.6) is 11.5 Å². The van der Waals surface area contributed by atoms with Gasteiger partial charge in [-0.05, 0) is 55.6 Å². The lowest BCUT2D eigenvalue weighted by Crippen LogP contribution is -2.24. The molecule has 11 heteroatoms. The number of anilines is 2. The molecule has 0 spiro atoms. The number of carbonyl (C=O) groups excluding carboxylic acids is 1. The predicted octanol–water partition coefficient (Wildman–Crippen LogP) is 5.55. The molecule has 0 aliphatic carbocycles. The zero-order chi connectivity index (χ0) is 31.9. The molecular weight excluding hydrogens is 592 g/mol. The number of pyridine rings is 2. The topological polar surface area (TPSA) is 111 Å². The Morgan fingerprint density at radius 1 is 1.00 bits per heavy atom. The Balaban J connectivity index is 1.60. The van der Waals surface area contributed by atoms with Crippen LogP contribution in [0, 0.1) is 0 Å². The smallest absolute Gasteiger partial charge is 0.260 e. The largest absolute Gasteiger partial charge is 0.497 e. The quantitative estimate of drug-likeness (QED) is 0.179. The van der Waals surface area contributed by atoms with E-state index in [1.54, 1.807) is 47.3 Å². The summed E-state index contributed by atoms with van der Waals surface area (Å²) in [5, 5.41) is 3.99. The van der Waals surface area contributed by atoms with E-state index in [0.717, 1.165) is 11.1 Å². The molecule has 0 radical (unpaired) electrons. The molecule has 0 atom stereocenters. The van der Waals surface area contributed by atoms with Gasteiger partial charge < -0.3 is 19.7 Å². The summed E-state index contributed by atoms with van der Waals surface area (Å²) >= 11 is 6.73. The average Bonchev–Trinajstić information content (AvgIpc) is 3.03. The number of allylic oxidation sites excluding steroid dienone is 1. The normalized spacial score (nSPS) is 11.3. The first kappa shape index (κ1) is 31.4. The molecule has 230 valence electrons. The van der Waals surface area contributed by atoms with Gasteiger partial charge in [0.05, 0.1) is 25.8 Å². The van der Waals surface area contributed by atoms with Crippen LogP contribution in [0.15, 0.2) is 90.0 Å². The number of nitrogens with zero attached hydrogens (tertiary/aromatic N) is 5. The highest BCUT2D eigenvalue weighted by Crippen LogP contribution is 2.38. The number of halogens is 1. The number of methoxy groups -OCH3 is 2. The van der Waals surface area contributed by atoms with Gasteiger partial charge in [0.15, 0.2) is 5.78 Å². The maximum absolute atomic E-state index is 14.3. The molecule has 5 rings (SSSR count). The van der Waals surface area contributed by atoms with Gasteiger partial charge in [-0.1, -0.05) is 48.0 Å². The highest BCUT2D eigenvalue weighted by Gasteiger charge is 2.19. The number of benzene rings is 2. The Bertz CT molecular complexity index is 1920. The summed E-state index contributed by atoms with van der Waals surface area (Å²) in [6.45, 7) is 0.862. The Labute approximate surface area is 265 Å². The van der Waals surface area contributed by atoms with Crippen molar-refractivity contribution in [1.29, 1.82) is 0 Å². The molecule has 3 heterocycles. The van der Waals surface area contributed by atoms with E-state index in [1.165, 1.54) is 14.2 Å². The summed E-state index contributed by atoms with van der Waals surface area (Å²) in [6, 6.07) is 18.2. The van der Waals surface area contributed by atoms with Crippen molar-refractivity contribution in [3.05, 3.63) is 112 Å². The zero-order valence-corrected chi connectivity index (χ0v) is 26.2. The van der Waals surface area contributed by atoms with Crippen molar-refractivity contribution in [3.63, 3.8) is 0 Å². The van der Waals surface area contributed by atoms with Gasteiger partial charge >= 0.3 is 0 Å². The Morgan fingerprint density at radius 3 is 2.56 bits per heavy atom. The third-order valence-electron chi connectivity index (χ3n) is 6.98. The summed E-state index contributed by atoms with van der Waals surface area (Å²) < 4.78 is 12.5. The number of ether oxygens (including phenoxy) is 2. The van der Waals surface area contributed by atoms with Crippen molar-refractivity contribution in [2.45, 2.75) is 13.0 Å².